The average molecular weight is 329 g/mol. The average Bonchev–Trinajstić information content (AvgIpc) is 2.93. The Hall–Kier alpha value is -2.20. The van der Waals surface area contributed by atoms with Crippen LogP contribution in [0.3, 0.4) is 0 Å². The molecular formula is C18H17ClN2O2. The van der Waals surface area contributed by atoms with Gasteiger partial charge in [0.25, 0.3) is 0 Å². The highest BCUT2D eigenvalue weighted by atomic mass is 35.5. The van der Waals surface area contributed by atoms with Crippen LogP contribution < -0.4 is 9.47 Å². The van der Waals surface area contributed by atoms with Gasteiger partial charge in [0, 0.05) is 11.8 Å². The van der Waals surface area contributed by atoms with Crippen molar-refractivity contribution in [3.05, 3.63) is 47.8 Å². The Labute approximate surface area is 139 Å². The minimum atomic E-state index is -0.157. The molecule has 1 atom stereocenters. The van der Waals surface area contributed by atoms with Gasteiger partial charge in [0.05, 0.1) is 16.8 Å². The Balaban J connectivity index is 1.92. The zero-order valence-corrected chi connectivity index (χ0v) is 13.8. The molecule has 1 aliphatic heterocycles. The smallest absolute Gasteiger partial charge is 0.162 e. The van der Waals surface area contributed by atoms with E-state index in [4.69, 9.17) is 26.1 Å². The van der Waals surface area contributed by atoms with Crippen LogP contribution in [0.25, 0.3) is 16.9 Å². The Morgan fingerprint density at radius 3 is 2.70 bits per heavy atom. The lowest BCUT2D eigenvalue weighted by molar-refractivity contribution is 0.171. The van der Waals surface area contributed by atoms with E-state index >= 15 is 0 Å². The van der Waals surface area contributed by atoms with Crippen LogP contribution >= 0.6 is 11.6 Å². The molecule has 0 N–H and O–H groups in total. The molecule has 3 heterocycles. The monoisotopic (exact) mass is 328 g/mol. The van der Waals surface area contributed by atoms with Crippen molar-refractivity contribution in [3.8, 4) is 22.8 Å². The molecule has 23 heavy (non-hydrogen) atoms. The van der Waals surface area contributed by atoms with Crippen molar-refractivity contribution >= 4 is 17.2 Å². The standard InChI is InChI=1S/C18H17ClN2O2/c1-11-5-6-21-16(9-11)20-17(18(21)12(2)19)13-3-4-14-15(10-13)23-8-7-22-14/h3-6,9-10,12H,7-8H2,1-2H3. The van der Waals surface area contributed by atoms with Crippen molar-refractivity contribution in [3.63, 3.8) is 0 Å². The number of rotatable bonds is 2. The Morgan fingerprint density at radius 1 is 1.13 bits per heavy atom. The summed E-state index contributed by atoms with van der Waals surface area (Å²) in [6, 6.07) is 10.0. The quantitative estimate of drug-likeness (QED) is 0.655. The number of halogens is 1. The summed E-state index contributed by atoms with van der Waals surface area (Å²) in [6.45, 7) is 5.18. The largest absolute Gasteiger partial charge is 0.486 e. The third-order valence-corrected chi connectivity index (χ3v) is 4.22. The number of pyridine rings is 1. The predicted molar refractivity (Wildman–Crippen MR) is 90.6 cm³/mol. The molecule has 0 saturated carbocycles. The van der Waals surface area contributed by atoms with Crippen molar-refractivity contribution < 1.29 is 9.47 Å². The molecule has 1 aromatic carbocycles. The van der Waals surface area contributed by atoms with Crippen LogP contribution in [0.2, 0.25) is 0 Å². The molecule has 0 amide bonds. The lowest BCUT2D eigenvalue weighted by Crippen LogP contribution is -2.15. The van der Waals surface area contributed by atoms with Crippen molar-refractivity contribution in [2.24, 2.45) is 0 Å². The van der Waals surface area contributed by atoms with Crippen LogP contribution in [0.1, 0.15) is 23.6 Å². The van der Waals surface area contributed by atoms with E-state index in [9.17, 15) is 0 Å². The third kappa shape index (κ3) is 2.43. The maximum atomic E-state index is 6.44. The number of alkyl halides is 1. The van der Waals surface area contributed by atoms with Gasteiger partial charge in [-0.2, -0.15) is 0 Å². The molecule has 4 rings (SSSR count). The van der Waals surface area contributed by atoms with Crippen LogP contribution in [-0.2, 0) is 0 Å². The molecule has 5 heteroatoms. The second kappa shape index (κ2) is 5.46. The van der Waals surface area contributed by atoms with Crippen LogP contribution in [0, 0.1) is 6.92 Å². The minimum absolute atomic E-state index is 0.157. The van der Waals surface area contributed by atoms with E-state index in [1.807, 2.05) is 31.3 Å². The molecule has 0 radical (unpaired) electrons. The number of aryl methyl sites for hydroxylation is 1. The van der Waals surface area contributed by atoms with Crippen molar-refractivity contribution in [1.29, 1.82) is 0 Å². The van der Waals surface area contributed by atoms with Crippen LogP contribution in [-0.4, -0.2) is 22.6 Å². The zero-order chi connectivity index (χ0) is 16.0. The molecular weight excluding hydrogens is 312 g/mol. The molecule has 118 valence electrons. The molecule has 0 spiro atoms. The third-order valence-electron chi connectivity index (χ3n) is 4.01. The molecule has 0 aliphatic carbocycles. The van der Waals surface area contributed by atoms with Gasteiger partial charge in [-0.15, -0.1) is 11.6 Å². The lowest BCUT2D eigenvalue weighted by atomic mass is 10.1. The fourth-order valence-electron chi connectivity index (χ4n) is 2.95. The molecule has 0 fully saturated rings. The Bertz CT molecular complexity index is 886. The number of imidazole rings is 1. The summed E-state index contributed by atoms with van der Waals surface area (Å²) in [5.41, 5.74) is 4.92. The van der Waals surface area contributed by atoms with Gasteiger partial charge < -0.3 is 13.9 Å². The highest BCUT2D eigenvalue weighted by Gasteiger charge is 2.20. The van der Waals surface area contributed by atoms with E-state index in [1.54, 1.807) is 0 Å². The first-order valence-electron chi connectivity index (χ1n) is 7.66. The van der Waals surface area contributed by atoms with Crippen molar-refractivity contribution in [1.82, 2.24) is 9.38 Å². The normalized spacial score (nSPS) is 14.9. The summed E-state index contributed by atoms with van der Waals surface area (Å²) in [7, 11) is 0. The Kier molecular flexibility index (Phi) is 3.42. The Morgan fingerprint density at radius 2 is 1.91 bits per heavy atom. The van der Waals surface area contributed by atoms with E-state index in [-0.39, 0.29) is 5.38 Å². The maximum absolute atomic E-state index is 6.44. The van der Waals surface area contributed by atoms with Gasteiger partial charge in [0.1, 0.15) is 18.9 Å². The summed E-state index contributed by atoms with van der Waals surface area (Å²) in [6.07, 6.45) is 2.02. The molecule has 2 aromatic heterocycles. The van der Waals surface area contributed by atoms with Crippen molar-refractivity contribution in [2.45, 2.75) is 19.2 Å². The van der Waals surface area contributed by atoms with Gasteiger partial charge in [-0.1, -0.05) is 0 Å². The van der Waals surface area contributed by atoms with Crippen LogP contribution in [0.15, 0.2) is 36.5 Å². The number of hydrogen-bond donors (Lipinski definition) is 0. The van der Waals surface area contributed by atoms with E-state index in [2.05, 4.69) is 23.5 Å². The molecule has 1 aliphatic rings. The first-order valence-corrected chi connectivity index (χ1v) is 8.10. The first-order chi connectivity index (χ1) is 11.1. The van der Waals surface area contributed by atoms with Gasteiger partial charge in [-0.25, -0.2) is 4.98 Å². The van der Waals surface area contributed by atoms with Crippen LogP contribution in [0.5, 0.6) is 11.5 Å². The fraction of sp³-hybridized carbons (Fsp3) is 0.278. The fourth-order valence-corrected chi connectivity index (χ4v) is 3.16. The summed E-state index contributed by atoms with van der Waals surface area (Å²) in [5, 5.41) is -0.157. The lowest BCUT2D eigenvalue weighted by Gasteiger charge is -2.18. The summed E-state index contributed by atoms with van der Waals surface area (Å²) in [5.74, 6) is 1.54. The maximum Gasteiger partial charge on any atom is 0.162 e. The second-order valence-electron chi connectivity index (χ2n) is 5.75. The molecule has 0 bridgehead atoms. The van der Waals surface area contributed by atoms with Gasteiger partial charge in [-0.3, -0.25) is 0 Å². The molecule has 3 aromatic rings. The molecule has 4 nitrogen and oxygen atoms in total. The molecule has 1 unspecified atom stereocenters. The summed E-state index contributed by atoms with van der Waals surface area (Å²) < 4.78 is 13.3. The first kappa shape index (κ1) is 14.4. The second-order valence-corrected chi connectivity index (χ2v) is 6.41. The van der Waals surface area contributed by atoms with Crippen molar-refractivity contribution in [2.75, 3.05) is 13.2 Å². The predicted octanol–water partition coefficient (Wildman–Crippen LogP) is 4.38. The van der Waals surface area contributed by atoms with E-state index in [0.29, 0.717) is 13.2 Å². The minimum Gasteiger partial charge on any atom is -0.486 e. The zero-order valence-electron chi connectivity index (χ0n) is 13.0. The van der Waals surface area contributed by atoms with E-state index < -0.39 is 0 Å². The highest BCUT2D eigenvalue weighted by molar-refractivity contribution is 6.20. The topological polar surface area (TPSA) is 35.8 Å². The van der Waals surface area contributed by atoms with E-state index in [0.717, 1.165) is 34.1 Å². The summed E-state index contributed by atoms with van der Waals surface area (Å²) in [4.78, 5) is 4.80. The highest BCUT2D eigenvalue weighted by Crippen LogP contribution is 2.38. The summed E-state index contributed by atoms with van der Waals surface area (Å²) >= 11 is 6.44. The van der Waals surface area contributed by atoms with Gasteiger partial charge >= 0.3 is 0 Å². The van der Waals surface area contributed by atoms with Crippen LogP contribution in [0.4, 0.5) is 0 Å². The van der Waals surface area contributed by atoms with E-state index in [1.165, 1.54) is 5.56 Å². The number of hydrogen-bond acceptors (Lipinski definition) is 3. The molecule has 0 saturated heterocycles. The SMILES string of the molecule is Cc1ccn2c(C(C)Cl)c(-c3ccc4c(c3)OCCO4)nc2c1. The van der Waals surface area contributed by atoms with Gasteiger partial charge in [0.2, 0.25) is 0 Å². The van der Waals surface area contributed by atoms with Gasteiger partial charge in [0.15, 0.2) is 11.5 Å². The number of benzene rings is 1. The number of fused-ring (bicyclic) bond motifs is 2. The van der Waals surface area contributed by atoms with Gasteiger partial charge in [-0.05, 0) is 49.7 Å². The number of ether oxygens (including phenoxy) is 2. The number of aromatic nitrogens is 2. The number of nitrogens with zero attached hydrogens (tertiary/aromatic N) is 2.